The molecule has 1 aliphatic carbocycles. The average molecular weight is 458 g/mol. The van der Waals surface area contributed by atoms with Crippen LogP contribution in [0.15, 0.2) is 46.6 Å². The van der Waals surface area contributed by atoms with Crippen LogP contribution >= 0.6 is 23.4 Å². The maximum atomic E-state index is 13.5. The number of nitrogens with zero attached hydrogens (tertiary/aromatic N) is 3. The Kier molecular flexibility index (Phi) is 6.83. The van der Waals surface area contributed by atoms with Gasteiger partial charge in [-0.1, -0.05) is 43.0 Å². The summed E-state index contributed by atoms with van der Waals surface area (Å²) in [4.78, 5) is 24.7. The topological polar surface area (TPSA) is 64.0 Å². The van der Waals surface area contributed by atoms with Crippen molar-refractivity contribution in [2.45, 2.75) is 38.1 Å². The summed E-state index contributed by atoms with van der Waals surface area (Å²) in [5.41, 5.74) is 1.39. The molecule has 162 valence electrons. The molecule has 2 aromatic rings. The molecule has 1 aromatic heterocycles. The van der Waals surface area contributed by atoms with E-state index >= 15 is 0 Å². The second-order valence-corrected chi connectivity index (χ2v) is 8.80. The first-order valence-electron chi connectivity index (χ1n) is 10.2. The molecule has 8 heteroatoms. The smallest absolute Gasteiger partial charge is 0.267 e. The number of para-hydroxylation sites is 1. The lowest BCUT2D eigenvalue weighted by atomic mass is 9.94. The minimum absolute atomic E-state index is 0.0364. The van der Waals surface area contributed by atoms with Crippen LogP contribution in [-0.2, 0) is 4.79 Å². The first-order chi connectivity index (χ1) is 15.1. The number of aliphatic imine (C=N–C) groups is 1. The molecule has 0 bridgehead atoms. The van der Waals surface area contributed by atoms with Crippen molar-refractivity contribution >= 4 is 46.2 Å². The van der Waals surface area contributed by atoms with Gasteiger partial charge >= 0.3 is 0 Å². The Morgan fingerprint density at radius 1 is 1.19 bits per heavy atom. The summed E-state index contributed by atoms with van der Waals surface area (Å²) in [7, 11) is 3.19. The van der Waals surface area contributed by atoms with Crippen LogP contribution in [-0.4, -0.2) is 41.2 Å². The summed E-state index contributed by atoms with van der Waals surface area (Å²) in [6.45, 7) is 0. The summed E-state index contributed by atoms with van der Waals surface area (Å²) >= 11 is 7.65. The summed E-state index contributed by atoms with van der Waals surface area (Å²) in [6.07, 6.45) is 10.5. The van der Waals surface area contributed by atoms with Gasteiger partial charge < -0.3 is 9.47 Å². The van der Waals surface area contributed by atoms with Gasteiger partial charge in [0.15, 0.2) is 16.7 Å². The van der Waals surface area contributed by atoms with Gasteiger partial charge in [-0.3, -0.25) is 14.7 Å². The number of carbonyl (C=O) groups excluding carboxylic acids is 1. The Morgan fingerprint density at radius 3 is 2.71 bits per heavy atom. The van der Waals surface area contributed by atoms with E-state index in [4.69, 9.17) is 26.1 Å². The van der Waals surface area contributed by atoms with Crippen molar-refractivity contribution in [3.8, 4) is 11.5 Å². The zero-order valence-corrected chi connectivity index (χ0v) is 19.1. The fourth-order valence-electron chi connectivity index (χ4n) is 3.95. The van der Waals surface area contributed by atoms with E-state index in [0.29, 0.717) is 32.3 Å². The van der Waals surface area contributed by atoms with Gasteiger partial charge in [0.05, 0.1) is 29.8 Å². The van der Waals surface area contributed by atoms with Crippen LogP contribution in [0.4, 0.5) is 5.69 Å². The molecule has 1 aliphatic heterocycles. The Labute approximate surface area is 191 Å². The molecule has 2 heterocycles. The number of ether oxygens (including phenoxy) is 2. The number of rotatable bonds is 5. The van der Waals surface area contributed by atoms with Crippen molar-refractivity contribution < 1.29 is 14.3 Å². The number of methoxy groups -OCH3 is 2. The minimum Gasteiger partial charge on any atom is -0.493 e. The van der Waals surface area contributed by atoms with Crippen LogP contribution in [0.2, 0.25) is 5.02 Å². The summed E-state index contributed by atoms with van der Waals surface area (Å²) in [5, 5.41) is 1.11. The molecule has 2 fully saturated rings. The number of amidine groups is 1. The van der Waals surface area contributed by atoms with E-state index in [1.165, 1.54) is 18.2 Å². The number of pyridine rings is 1. The molecule has 2 aliphatic rings. The minimum atomic E-state index is -0.0364. The fraction of sp³-hybridized carbons (Fsp3) is 0.348. The molecule has 0 spiro atoms. The largest absolute Gasteiger partial charge is 0.493 e. The van der Waals surface area contributed by atoms with Gasteiger partial charge in [-0.15, -0.1) is 0 Å². The van der Waals surface area contributed by atoms with Crippen molar-refractivity contribution in [2.24, 2.45) is 4.99 Å². The van der Waals surface area contributed by atoms with Gasteiger partial charge in [0.1, 0.15) is 0 Å². The SMILES string of the molecule is COc1cccc(/C=C2\SC(=Nc3ccncc3Cl)N(C3CCCCC3)C2=O)c1OC. The first kappa shape index (κ1) is 21.7. The van der Waals surface area contributed by atoms with E-state index in [9.17, 15) is 4.79 Å². The highest BCUT2D eigenvalue weighted by molar-refractivity contribution is 8.18. The summed E-state index contributed by atoms with van der Waals surface area (Å²) in [5.74, 6) is 1.18. The van der Waals surface area contributed by atoms with Crippen molar-refractivity contribution in [1.29, 1.82) is 0 Å². The highest BCUT2D eigenvalue weighted by Crippen LogP contribution is 2.41. The lowest BCUT2D eigenvalue weighted by Crippen LogP contribution is -2.40. The van der Waals surface area contributed by atoms with Crippen molar-refractivity contribution in [2.75, 3.05) is 14.2 Å². The fourth-order valence-corrected chi connectivity index (χ4v) is 5.16. The number of amides is 1. The number of hydrogen-bond donors (Lipinski definition) is 0. The lowest BCUT2D eigenvalue weighted by Gasteiger charge is -2.30. The maximum Gasteiger partial charge on any atom is 0.267 e. The molecule has 0 N–H and O–H groups in total. The van der Waals surface area contributed by atoms with E-state index in [1.807, 2.05) is 29.2 Å². The number of benzene rings is 1. The molecule has 1 amide bonds. The van der Waals surface area contributed by atoms with Crippen LogP contribution in [0.1, 0.15) is 37.7 Å². The number of hydrogen-bond acceptors (Lipinski definition) is 6. The van der Waals surface area contributed by atoms with E-state index in [-0.39, 0.29) is 11.9 Å². The van der Waals surface area contributed by atoms with Crippen LogP contribution in [0.25, 0.3) is 6.08 Å². The molecule has 0 atom stereocenters. The van der Waals surface area contributed by atoms with Gasteiger partial charge in [-0.05, 0) is 42.8 Å². The van der Waals surface area contributed by atoms with Gasteiger partial charge in [0, 0.05) is 24.0 Å². The van der Waals surface area contributed by atoms with E-state index in [2.05, 4.69) is 4.98 Å². The molecule has 0 unspecified atom stereocenters. The molecular formula is C23H24ClN3O3S. The summed E-state index contributed by atoms with van der Waals surface area (Å²) < 4.78 is 10.9. The number of aromatic nitrogens is 1. The third kappa shape index (κ3) is 4.57. The second-order valence-electron chi connectivity index (χ2n) is 7.38. The predicted octanol–water partition coefficient (Wildman–Crippen LogP) is 5.69. The Balaban J connectivity index is 1.75. The molecule has 6 nitrogen and oxygen atoms in total. The van der Waals surface area contributed by atoms with Gasteiger partial charge in [-0.2, -0.15) is 0 Å². The number of thioether (sulfide) groups is 1. The predicted molar refractivity (Wildman–Crippen MR) is 125 cm³/mol. The van der Waals surface area contributed by atoms with Gasteiger partial charge in [0.25, 0.3) is 5.91 Å². The highest BCUT2D eigenvalue weighted by Gasteiger charge is 2.39. The van der Waals surface area contributed by atoms with E-state index < -0.39 is 0 Å². The molecular weight excluding hydrogens is 434 g/mol. The Hall–Kier alpha value is -2.51. The zero-order valence-electron chi connectivity index (χ0n) is 17.5. The van der Waals surface area contributed by atoms with Crippen LogP contribution < -0.4 is 9.47 Å². The average Bonchev–Trinajstić information content (AvgIpc) is 3.10. The number of carbonyl (C=O) groups is 1. The standard InChI is InChI=1S/C23H24ClN3O3S/c1-29-19-10-6-7-15(21(19)30-2)13-20-22(28)27(16-8-4-3-5-9-16)23(31-20)26-18-11-12-25-14-17(18)24/h6-7,10-14,16H,3-5,8-9H2,1-2H3/b20-13-,26-23?. The first-order valence-corrected chi connectivity index (χ1v) is 11.4. The van der Waals surface area contributed by atoms with Crippen molar-refractivity contribution in [3.05, 3.63) is 52.2 Å². The molecule has 4 rings (SSSR count). The third-order valence-electron chi connectivity index (χ3n) is 5.46. The molecule has 1 saturated carbocycles. The normalized spacial score (nSPS) is 20.0. The van der Waals surface area contributed by atoms with Crippen molar-refractivity contribution in [3.63, 3.8) is 0 Å². The molecule has 0 radical (unpaired) electrons. The van der Waals surface area contributed by atoms with Crippen LogP contribution in [0.3, 0.4) is 0 Å². The van der Waals surface area contributed by atoms with Crippen LogP contribution in [0, 0.1) is 0 Å². The van der Waals surface area contributed by atoms with Gasteiger partial charge in [0.2, 0.25) is 0 Å². The quantitative estimate of drug-likeness (QED) is 0.540. The van der Waals surface area contributed by atoms with Gasteiger partial charge in [-0.25, -0.2) is 4.99 Å². The molecule has 1 saturated heterocycles. The van der Waals surface area contributed by atoms with E-state index in [1.54, 1.807) is 32.7 Å². The second kappa shape index (κ2) is 9.75. The zero-order chi connectivity index (χ0) is 21.8. The third-order valence-corrected chi connectivity index (χ3v) is 6.74. The van der Waals surface area contributed by atoms with Crippen LogP contribution in [0.5, 0.6) is 11.5 Å². The monoisotopic (exact) mass is 457 g/mol. The maximum absolute atomic E-state index is 13.5. The molecule has 1 aromatic carbocycles. The Morgan fingerprint density at radius 2 is 2.00 bits per heavy atom. The Bertz CT molecular complexity index is 1030. The number of halogens is 1. The highest BCUT2D eigenvalue weighted by atomic mass is 35.5. The lowest BCUT2D eigenvalue weighted by molar-refractivity contribution is -0.124. The summed E-state index contributed by atoms with van der Waals surface area (Å²) in [6, 6.07) is 7.51. The van der Waals surface area contributed by atoms with Crippen molar-refractivity contribution in [1.82, 2.24) is 9.88 Å². The molecule has 31 heavy (non-hydrogen) atoms. The van der Waals surface area contributed by atoms with E-state index in [0.717, 1.165) is 31.2 Å².